The van der Waals surface area contributed by atoms with Crippen molar-refractivity contribution >= 4 is 11.0 Å². The van der Waals surface area contributed by atoms with Gasteiger partial charge < -0.3 is 9.84 Å². The highest BCUT2D eigenvalue weighted by atomic mass is 16.5. The van der Waals surface area contributed by atoms with Crippen molar-refractivity contribution in [3.8, 4) is 0 Å². The Hall–Kier alpha value is -1.46. The minimum atomic E-state index is -0.0346. The first-order valence-corrected chi connectivity index (χ1v) is 5.33. The first-order chi connectivity index (χ1) is 7.79. The maximum atomic E-state index is 9.05. The highest BCUT2D eigenvalue weighted by Gasteiger charge is 2.24. The molecule has 1 saturated heterocycles. The van der Waals surface area contributed by atoms with Crippen molar-refractivity contribution in [1.82, 2.24) is 14.8 Å². The molecule has 0 aliphatic carbocycles. The number of nitrogens with zero attached hydrogens (tertiary/aromatic N) is 3. The van der Waals surface area contributed by atoms with Gasteiger partial charge in [-0.05, 0) is 19.1 Å². The summed E-state index contributed by atoms with van der Waals surface area (Å²) in [6.45, 7) is 3.34. The summed E-state index contributed by atoms with van der Waals surface area (Å²) >= 11 is 0. The Morgan fingerprint density at radius 3 is 2.94 bits per heavy atom. The molecule has 0 bridgehead atoms. The van der Waals surface area contributed by atoms with Crippen LogP contribution in [0.3, 0.4) is 0 Å². The molecule has 84 valence electrons. The largest absolute Gasteiger partial charge is 0.390 e. The molecule has 3 heterocycles. The van der Waals surface area contributed by atoms with Gasteiger partial charge in [0.05, 0.1) is 42.8 Å². The number of pyridine rings is 1. The van der Waals surface area contributed by atoms with E-state index in [2.05, 4.69) is 10.1 Å². The summed E-state index contributed by atoms with van der Waals surface area (Å²) in [7, 11) is 0. The van der Waals surface area contributed by atoms with E-state index in [1.54, 1.807) is 0 Å². The van der Waals surface area contributed by atoms with Crippen LogP contribution in [0.5, 0.6) is 0 Å². The highest BCUT2D eigenvalue weighted by molar-refractivity contribution is 5.77. The fraction of sp³-hybridized carbons (Fsp3) is 0.455. The Morgan fingerprint density at radius 2 is 2.31 bits per heavy atom. The Labute approximate surface area is 92.7 Å². The number of aliphatic hydroxyl groups is 1. The molecule has 0 atom stereocenters. The Balaban J connectivity index is 2.16. The zero-order valence-electron chi connectivity index (χ0n) is 9.05. The van der Waals surface area contributed by atoms with Gasteiger partial charge in [-0.1, -0.05) is 0 Å². The molecular weight excluding hydrogens is 206 g/mol. The zero-order chi connectivity index (χ0) is 11.1. The number of hydrogen-bond acceptors (Lipinski definition) is 4. The molecular formula is C11H13N3O2. The second-order valence-corrected chi connectivity index (χ2v) is 4.05. The molecule has 0 unspecified atom stereocenters. The molecule has 0 amide bonds. The van der Waals surface area contributed by atoms with Crippen LogP contribution in [-0.4, -0.2) is 33.1 Å². The molecule has 0 aromatic carbocycles. The summed E-state index contributed by atoms with van der Waals surface area (Å²) in [6, 6.07) is 4.13. The van der Waals surface area contributed by atoms with Gasteiger partial charge in [0.2, 0.25) is 0 Å². The summed E-state index contributed by atoms with van der Waals surface area (Å²) in [5.74, 6) is 0. The molecule has 0 spiro atoms. The maximum Gasteiger partial charge on any atom is 0.112 e. The first kappa shape index (κ1) is 9.74. The van der Waals surface area contributed by atoms with E-state index in [0.717, 1.165) is 29.9 Å². The van der Waals surface area contributed by atoms with E-state index in [9.17, 15) is 0 Å². The van der Waals surface area contributed by atoms with Crippen molar-refractivity contribution in [2.75, 3.05) is 13.2 Å². The summed E-state index contributed by atoms with van der Waals surface area (Å²) in [5, 5.41) is 13.5. The maximum absolute atomic E-state index is 9.05. The lowest BCUT2D eigenvalue weighted by molar-refractivity contribution is -0.0267. The number of hydrogen-bond donors (Lipinski definition) is 1. The summed E-state index contributed by atoms with van der Waals surface area (Å²) in [5.41, 5.74) is 3.47. The topological polar surface area (TPSA) is 60.2 Å². The van der Waals surface area contributed by atoms with E-state index >= 15 is 0 Å². The predicted molar refractivity (Wildman–Crippen MR) is 58.0 cm³/mol. The van der Waals surface area contributed by atoms with Crippen LogP contribution in [0.15, 0.2) is 12.1 Å². The third-order valence-corrected chi connectivity index (χ3v) is 2.91. The Bertz CT molecular complexity index is 531. The zero-order valence-corrected chi connectivity index (χ0v) is 9.05. The quantitative estimate of drug-likeness (QED) is 0.811. The van der Waals surface area contributed by atoms with Crippen LogP contribution in [0.4, 0.5) is 0 Å². The first-order valence-electron chi connectivity index (χ1n) is 5.33. The van der Waals surface area contributed by atoms with E-state index in [-0.39, 0.29) is 6.61 Å². The van der Waals surface area contributed by atoms with Crippen molar-refractivity contribution in [1.29, 1.82) is 0 Å². The Morgan fingerprint density at radius 1 is 1.50 bits per heavy atom. The molecule has 1 aliphatic heterocycles. The van der Waals surface area contributed by atoms with E-state index in [1.165, 1.54) is 0 Å². The van der Waals surface area contributed by atoms with Gasteiger partial charge in [-0.15, -0.1) is 0 Å². The molecule has 5 heteroatoms. The van der Waals surface area contributed by atoms with Crippen LogP contribution in [0.2, 0.25) is 0 Å². The summed E-state index contributed by atoms with van der Waals surface area (Å²) in [6.07, 6.45) is 0. The normalized spacial score (nSPS) is 16.6. The second-order valence-electron chi connectivity index (χ2n) is 4.05. The fourth-order valence-corrected chi connectivity index (χ4v) is 1.94. The monoisotopic (exact) mass is 219 g/mol. The van der Waals surface area contributed by atoms with E-state index in [1.807, 2.05) is 23.7 Å². The van der Waals surface area contributed by atoms with Gasteiger partial charge in [0.25, 0.3) is 0 Å². The fourth-order valence-electron chi connectivity index (χ4n) is 1.94. The second kappa shape index (κ2) is 3.54. The van der Waals surface area contributed by atoms with Gasteiger partial charge in [-0.25, -0.2) is 4.98 Å². The van der Waals surface area contributed by atoms with Crippen molar-refractivity contribution < 1.29 is 9.84 Å². The predicted octanol–water partition coefficient (Wildman–Crippen LogP) is 0.803. The van der Waals surface area contributed by atoms with Gasteiger partial charge >= 0.3 is 0 Å². The lowest BCUT2D eigenvalue weighted by Crippen LogP contribution is -2.31. The van der Waals surface area contributed by atoms with Crippen LogP contribution in [0.1, 0.15) is 17.4 Å². The molecule has 2 aromatic rings. The Kier molecular flexibility index (Phi) is 2.15. The van der Waals surface area contributed by atoms with Crippen molar-refractivity contribution in [2.45, 2.75) is 19.6 Å². The van der Waals surface area contributed by atoms with E-state index in [0.29, 0.717) is 11.7 Å². The van der Waals surface area contributed by atoms with Crippen LogP contribution in [0.25, 0.3) is 11.0 Å². The standard InChI is InChI=1S/C11H13N3O2/c1-7-11-10(3-2-8(4-15)12-11)14(13-7)9-5-16-6-9/h2-3,9,15H,4-6H2,1H3. The molecule has 1 aliphatic rings. The number of aromatic nitrogens is 3. The van der Waals surface area contributed by atoms with Crippen LogP contribution in [0, 0.1) is 6.92 Å². The molecule has 1 N–H and O–H groups in total. The third kappa shape index (κ3) is 1.32. The summed E-state index contributed by atoms with van der Waals surface area (Å²) in [4.78, 5) is 4.38. The molecule has 0 saturated carbocycles. The van der Waals surface area contributed by atoms with Gasteiger partial charge in [-0.3, -0.25) is 4.68 Å². The minimum Gasteiger partial charge on any atom is -0.390 e. The molecule has 16 heavy (non-hydrogen) atoms. The molecule has 0 radical (unpaired) electrons. The van der Waals surface area contributed by atoms with Crippen LogP contribution in [-0.2, 0) is 11.3 Å². The SMILES string of the molecule is Cc1nn(C2COC2)c2ccc(CO)nc12. The van der Waals surface area contributed by atoms with Gasteiger partial charge in [0.1, 0.15) is 5.52 Å². The van der Waals surface area contributed by atoms with Crippen molar-refractivity contribution in [2.24, 2.45) is 0 Å². The molecule has 5 nitrogen and oxygen atoms in total. The van der Waals surface area contributed by atoms with Crippen LogP contribution >= 0.6 is 0 Å². The number of aliphatic hydroxyl groups excluding tert-OH is 1. The average molecular weight is 219 g/mol. The average Bonchev–Trinajstić information content (AvgIpc) is 2.54. The molecule has 3 rings (SSSR count). The number of aryl methyl sites for hydroxylation is 1. The lowest BCUT2D eigenvalue weighted by atomic mass is 10.2. The number of fused-ring (bicyclic) bond motifs is 1. The van der Waals surface area contributed by atoms with Crippen LogP contribution < -0.4 is 0 Å². The molecule has 2 aromatic heterocycles. The smallest absolute Gasteiger partial charge is 0.112 e. The van der Waals surface area contributed by atoms with E-state index in [4.69, 9.17) is 9.84 Å². The van der Waals surface area contributed by atoms with Crippen molar-refractivity contribution in [3.05, 3.63) is 23.5 Å². The van der Waals surface area contributed by atoms with Gasteiger partial charge in [-0.2, -0.15) is 5.10 Å². The summed E-state index contributed by atoms with van der Waals surface area (Å²) < 4.78 is 7.15. The number of ether oxygens (including phenoxy) is 1. The van der Waals surface area contributed by atoms with Crippen molar-refractivity contribution in [3.63, 3.8) is 0 Å². The third-order valence-electron chi connectivity index (χ3n) is 2.91. The van der Waals surface area contributed by atoms with Gasteiger partial charge in [0.15, 0.2) is 0 Å². The van der Waals surface area contributed by atoms with E-state index < -0.39 is 0 Å². The van der Waals surface area contributed by atoms with Gasteiger partial charge in [0, 0.05) is 0 Å². The highest BCUT2D eigenvalue weighted by Crippen LogP contribution is 2.24. The minimum absolute atomic E-state index is 0.0346. The number of rotatable bonds is 2. The molecule has 1 fully saturated rings. The lowest BCUT2D eigenvalue weighted by Gasteiger charge is -2.26.